The summed E-state index contributed by atoms with van der Waals surface area (Å²) in [6.07, 6.45) is 0.872. The van der Waals surface area contributed by atoms with E-state index in [0.717, 1.165) is 12.0 Å². The first-order valence-corrected chi connectivity index (χ1v) is 7.60. The van der Waals surface area contributed by atoms with Crippen molar-refractivity contribution >= 4 is 23.2 Å². The average Bonchev–Trinajstić information content (AvgIpc) is 2.91. The van der Waals surface area contributed by atoms with Crippen LogP contribution in [0.15, 0.2) is 16.8 Å². The lowest BCUT2D eigenvalue weighted by Crippen LogP contribution is -2.63. The number of hydrogen-bond donors (Lipinski definition) is 1. The van der Waals surface area contributed by atoms with Gasteiger partial charge >= 0.3 is 0 Å². The number of thiophene rings is 1. The zero-order valence-corrected chi connectivity index (χ0v) is 12.4. The van der Waals surface area contributed by atoms with Crippen LogP contribution in [0.5, 0.6) is 0 Å². The highest BCUT2D eigenvalue weighted by atomic mass is 32.1. The fourth-order valence-corrected chi connectivity index (χ4v) is 2.92. The molecule has 0 bridgehead atoms. The van der Waals surface area contributed by atoms with Gasteiger partial charge in [0.2, 0.25) is 11.8 Å². The van der Waals surface area contributed by atoms with Crippen LogP contribution in [0.2, 0.25) is 0 Å². The Morgan fingerprint density at radius 2 is 2.21 bits per heavy atom. The Morgan fingerprint density at radius 3 is 2.79 bits per heavy atom. The van der Waals surface area contributed by atoms with E-state index < -0.39 is 6.04 Å². The number of nitrogens with one attached hydrogen (secondary N) is 1. The second-order valence-electron chi connectivity index (χ2n) is 5.15. The predicted molar refractivity (Wildman–Crippen MR) is 75.7 cm³/mol. The molecule has 0 saturated carbocycles. The standard InChI is InChI=1S/C14H20N2O2S/c1-4-9(2)12-14(18)16(10(3)13(17)15-12)7-11-5-6-19-8-11/h5-6,8-10,12H,4,7H2,1-3H3,(H,15,17). The van der Waals surface area contributed by atoms with Gasteiger partial charge in [0.05, 0.1) is 0 Å². The number of carbonyl (C=O) groups excluding carboxylic acids is 2. The van der Waals surface area contributed by atoms with Gasteiger partial charge in [-0.1, -0.05) is 20.3 Å². The Kier molecular flexibility index (Phi) is 4.24. The van der Waals surface area contributed by atoms with Crippen molar-refractivity contribution < 1.29 is 9.59 Å². The van der Waals surface area contributed by atoms with Gasteiger partial charge in [-0.15, -0.1) is 0 Å². The first-order chi connectivity index (χ1) is 9.04. The zero-order chi connectivity index (χ0) is 14.0. The number of amides is 2. The van der Waals surface area contributed by atoms with Crippen LogP contribution in [0.1, 0.15) is 32.8 Å². The van der Waals surface area contributed by atoms with Crippen LogP contribution >= 0.6 is 11.3 Å². The monoisotopic (exact) mass is 280 g/mol. The lowest BCUT2D eigenvalue weighted by atomic mass is 9.94. The van der Waals surface area contributed by atoms with Crippen LogP contribution in [0.3, 0.4) is 0 Å². The van der Waals surface area contributed by atoms with E-state index in [2.05, 4.69) is 5.32 Å². The number of piperazine rings is 1. The van der Waals surface area contributed by atoms with E-state index in [9.17, 15) is 9.59 Å². The van der Waals surface area contributed by atoms with Gasteiger partial charge in [0.1, 0.15) is 12.1 Å². The van der Waals surface area contributed by atoms with Crippen LogP contribution in [0.25, 0.3) is 0 Å². The van der Waals surface area contributed by atoms with Crippen molar-refractivity contribution in [2.75, 3.05) is 0 Å². The second-order valence-corrected chi connectivity index (χ2v) is 5.93. The fraction of sp³-hybridized carbons (Fsp3) is 0.571. The third kappa shape index (κ3) is 2.81. The molecule has 0 radical (unpaired) electrons. The molecule has 1 aliphatic heterocycles. The summed E-state index contributed by atoms with van der Waals surface area (Å²) in [5, 5.41) is 6.85. The highest BCUT2D eigenvalue weighted by Crippen LogP contribution is 2.20. The molecule has 3 atom stereocenters. The number of carbonyl (C=O) groups is 2. The van der Waals surface area contributed by atoms with Gasteiger partial charge in [0.15, 0.2) is 0 Å². The summed E-state index contributed by atoms with van der Waals surface area (Å²) in [6, 6.07) is 1.22. The minimum Gasteiger partial charge on any atom is -0.342 e. The topological polar surface area (TPSA) is 49.4 Å². The van der Waals surface area contributed by atoms with Gasteiger partial charge in [0, 0.05) is 6.54 Å². The van der Waals surface area contributed by atoms with Crippen LogP contribution in [0.4, 0.5) is 0 Å². The van der Waals surface area contributed by atoms with Gasteiger partial charge in [0.25, 0.3) is 0 Å². The number of nitrogens with zero attached hydrogens (tertiary/aromatic N) is 1. The third-order valence-electron chi connectivity index (χ3n) is 3.84. The molecule has 1 aromatic heterocycles. The summed E-state index contributed by atoms with van der Waals surface area (Å²) in [6.45, 7) is 6.34. The molecular formula is C14H20N2O2S. The van der Waals surface area contributed by atoms with Crippen molar-refractivity contribution in [1.82, 2.24) is 10.2 Å². The SMILES string of the molecule is CCC(C)C1NC(=O)C(C)N(Cc2ccsc2)C1=O. The molecule has 1 N–H and O–H groups in total. The smallest absolute Gasteiger partial charge is 0.246 e. The van der Waals surface area contributed by atoms with Crippen LogP contribution in [0, 0.1) is 5.92 Å². The van der Waals surface area contributed by atoms with Gasteiger partial charge < -0.3 is 10.2 Å². The quantitative estimate of drug-likeness (QED) is 0.917. The van der Waals surface area contributed by atoms with Gasteiger partial charge in [-0.25, -0.2) is 0 Å². The number of rotatable bonds is 4. The van der Waals surface area contributed by atoms with Gasteiger partial charge in [-0.2, -0.15) is 11.3 Å². The molecule has 2 amide bonds. The average molecular weight is 280 g/mol. The van der Waals surface area contributed by atoms with Crippen molar-refractivity contribution in [1.29, 1.82) is 0 Å². The molecule has 2 heterocycles. The second kappa shape index (κ2) is 5.74. The summed E-state index contributed by atoms with van der Waals surface area (Å²) in [5.74, 6) is 0.140. The van der Waals surface area contributed by atoms with E-state index in [1.165, 1.54) is 0 Å². The predicted octanol–water partition coefficient (Wildman–Crippen LogP) is 2.01. The Hall–Kier alpha value is -1.36. The Labute approximate surface area is 117 Å². The molecule has 1 aliphatic rings. The highest BCUT2D eigenvalue weighted by molar-refractivity contribution is 7.07. The lowest BCUT2D eigenvalue weighted by Gasteiger charge is -2.39. The molecule has 1 aromatic rings. The first-order valence-electron chi connectivity index (χ1n) is 6.66. The summed E-state index contributed by atoms with van der Waals surface area (Å²) >= 11 is 1.60. The molecule has 19 heavy (non-hydrogen) atoms. The Bertz CT molecular complexity index is 458. The minimum absolute atomic E-state index is 0.0349. The normalized spacial score (nSPS) is 25.3. The molecule has 3 unspecified atom stereocenters. The summed E-state index contributed by atoms with van der Waals surface area (Å²) in [7, 11) is 0. The maximum atomic E-state index is 12.5. The molecule has 4 nitrogen and oxygen atoms in total. The van der Waals surface area contributed by atoms with Crippen molar-refractivity contribution in [2.45, 2.75) is 45.8 Å². The molecule has 2 rings (SSSR count). The minimum atomic E-state index is -0.396. The molecular weight excluding hydrogens is 260 g/mol. The van der Waals surface area contributed by atoms with E-state index in [1.54, 1.807) is 23.2 Å². The molecule has 1 fully saturated rings. The molecule has 104 valence electrons. The summed E-state index contributed by atoms with van der Waals surface area (Å²) < 4.78 is 0. The zero-order valence-electron chi connectivity index (χ0n) is 11.6. The molecule has 5 heteroatoms. The van der Waals surface area contributed by atoms with Crippen LogP contribution in [-0.2, 0) is 16.1 Å². The van der Waals surface area contributed by atoms with Crippen molar-refractivity contribution in [3.05, 3.63) is 22.4 Å². The van der Waals surface area contributed by atoms with E-state index >= 15 is 0 Å². The fourth-order valence-electron chi connectivity index (χ4n) is 2.26. The maximum absolute atomic E-state index is 12.5. The van der Waals surface area contributed by atoms with E-state index in [4.69, 9.17) is 0 Å². The summed E-state index contributed by atoms with van der Waals surface area (Å²) in [5.41, 5.74) is 1.09. The van der Waals surface area contributed by atoms with Crippen LogP contribution in [-0.4, -0.2) is 28.8 Å². The molecule has 0 aromatic carbocycles. The third-order valence-corrected chi connectivity index (χ3v) is 4.57. The lowest BCUT2D eigenvalue weighted by molar-refractivity contribution is -0.150. The van der Waals surface area contributed by atoms with E-state index in [-0.39, 0.29) is 23.8 Å². The maximum Gasteiger partial charge on any atom is 0.246 e. The number of hydrogen-bond acceptors (Lipinski definition) is 3. The van der Waals surface area contributed by atoms with Crippen molar-refractivity contribution in [2.24, 2.45) is 5.92 Å². The Balaban J connectivity index is 2.19. The van der Waals surface area contributed by atoms with Crippen molar-refractivity contribution in [3.63, 3.8) is 0 Å². The Morgan fingerprint density at radius 1 is 1.47 bits per heavy atom. The van der Waals surface area contributed by atoms with Gasteiger partial charge in [-0.05, 0) is 35.2 Å². The summed E-state index contributed by atoms with van der Waals surface area (Å²) in [4.78, 5) is 26.2. The largest absolute Gasteiger partial charge is 0.342 e. The van der Waals surface area contributed by atoms with Gasteiger partial charge in [-0.3, -0.25) is 9.59 Å². The van der Waals surface area contributed by atoms with Crippen LogP contribution < -0.4 is 5.32 Å². The van der Waals surface area contributed by atoms with Crippen molar-refractivity contribution in [3.8, 4) is 0 Å². The first kappa shape index (κ1) is 14.1. The molecule has 0 spiro atoms. The molecule has 1 saturated heterocycles. The highest BCUT2D eigenvalue weighted by Gasteiger charge is 2.39. The molecule has 0 aliphatic carbocycles. The van der Waals surface area contributed by atoms with E-state index in [0.29, 0.717) is 6.54 Å². The van der Waals surface area contributed by atoms with E-state index in [1.807, 2.05) is 30.7 Å².